The molecule has 1 aromatic rings. The summed E-state index contributed by atoms with van der Waals surface area (Å²) in [7, 11) is 0. The zero-order chi connectivity index (χ0) is 16.5. The van der Waals surface area contributed by atoms with Crippen LogP contribution in [0.15, 0.2) is 18.2 Å². The van der Waals surface area contributed by atoms with Gasteiger partial charge < -0.3 is 14.8 Å². The molecule has 4 heteroatoms. The molecule has 0 heterocycles. The van der Waals surface area contributed by atoms with Crippen molar-refractivity contribution in [3.05, 3.63) is 23.8 Å². The van der Waals surface area contributed by atoms with E-state index in [-0.39, 0.29) is 17.9 Å². The van der Waals surface area contributed by atoms with E-state index < -0.39 is 0 Å². The normalized spacial score (nSPS) is 12.1. The van der Waals surface area contributed by atoms with Crippen molar-refractivity contribution in [3.8, 4) is 11.5 Å². The predicted octanol–water partition coefficient (Wildman–Crippen LogP) is 4.10. The summed E-state index contributed by atoms with van der Waals surface area (Å²) in [6.45, 7) is 11.2. The average molecular weight is 307 g/mol. The highest BCUT2D eigenvalue weighted by molar-refractivity contribution is 5.79. The SMILES string of the molecule is CCOc1ccc(C(C)NC(=O)C(CC)CC)cc1OCC. The van der Waals surface area contributed by atoms with Crippen molar-refractivity contribution in [1.82, 2.24) is 5.32 Å². The number of hydrogen-bond donors (Lipinski definition) is 1. The van der Waals surface area contributed by atoms with E-state index in [2.05, 4.69) is 5.32 Å². The van der Waals surface area contributed by atoms with Crippen molar-refractivity contribution in [2.75, 3.05) is 13.2 Å². The molecular formula is C18H29NO3. The zero-order valence-electron chi connectivity index (χ0n) is 14.4. The number of rotatable bonds is 9. The van der Waals surface area contributed by atoms with Crippen molar-refractivity contribution >= 4 is 5.91 Å². The van der Waals surface area contributed by atoms with Gasteiger partial charge in [0.25, 0.3) is 0 Å². The number of ether oxygens (including phenoxy) is 2. The maximum absolute atomic E-state index is 12.2. The lowest BCUT2D eigenvalue weighted by Gasteiger charge is -2.20. The van der Waals surface area contributed by atoms with Crippen molar-refractivity contribution < 1.29 is 14.3 Å². The van der Waals surface area contributed by atoms with Gasteiger partial charge in [0.05, 0.1) is 19.3 Å². The first-order valence-electron chi connectivity index (χ1n) is 8.27. The Kier molecular flexibility index (Phi) is 7.78. The van der Waals surface area contributed by atoms with Crippen LogP contribution in [0.1, 0.15) is 59.1 Å². The minimum Gasteiger partial charge on any atom is -0.490 e. The van der Waals surface area contributed by atoms with E-state index in [1.54, 1.807) is 0 Å². The number of hydrogen-bond acceptors (Lipinski definition) is 3. The van der Waals surface area contributed by atoms with Gasteiger partial charge in [-0.15, -0.1) is 0 Å². The highest BCUT2D eigenvalue weighted by Crippen LogP contribution is 2.30. The van der Waals surface area contributed by atoms with Crippen LogP contribution in [0.2, 0.25) is 0 Å². The topological polar surface area (TPSA) is 47.6 Å². The molecule has 0 bridgehead atoms. The summed E-state index contributed by atoms with van der Waals surface area (Å²) >= 11 is 0. The van der Waals surface area contributed by atoms with Gasteiger partial charge in [0, 0.05) is 5.92 Å². The van der Waals surface area contributed by atoms with Crippen LogP contribution in [-0.4, -0.2) is 19.1 Å². The Balaban J connectivity index is 2.86. The second-order valence-electron chi connectivity index (χ2n) is 5.32. The number of carbonyl (C=O) groups excluding carboxylic acids is 1. The fourth-order valence-corrected chi connectivity index (χ4v) is 2.41. The monoisotopic (exact) mass is 307 g/mol. The number of carbonyl (C=O) groups is 1. The van der Waals surface area contributed by atoms with Crippen LogP contribution >= 0.6 is 0 Å². The lowest BCUT2D eigenvalue weighted by Crippen LogP contribution is -2.32. The lowest BCUT2D eigenvalue weighted by atomic mass is 10.0. The predicted molar refractivity (Wildman–Crippen MR) is 89.4 cm³/mol. The molecule has 0 aromatic heterocycles. The molecule has 4 nitrogen and oxygen atoms in total. The van der Waals surface area contributed by atoms with Crippen LogP contribution in [0, 0.1) is 5.92 Å². The van der Waals surface area contributed by atoms with E-state index in [0.717, 1.165) is 29.9 Å². The summed E-state index contributed by atoms with van der Waals surface area (Å²) in [4.78, 5) is 12.2. The van der Waals surface area contributed by atoms with Crippen molar-refractivity contribution in [3.63, 3.8) is 0 Å². The van der Waals surface area contributed by atoms with E-state index in [4.69, 9.17) is 9.47 Å². The third-order valence-electron chi connectivity index (χ3n) is 3.78. The van der Waals surface area contributed by atoms with Crippen LogP contribution in [0.4, 0.5) is 0 Å². The minimum absolute atomic E-state index is 0.0528. The highest BCUT2D eigenvalue weighted by Gasteiger charge is 2.18. The fraction of sp³-hybridized carbons (Fsp3) is 0.611. The van der Waals surface area contributed by atoms with Gasteiger partial charge in [0.2, 0.25) is 5.91 Å². The quantitative estimate of drug-likeness (QED) is 0.747. The summed E-state index contributed by atoms with van der Waals surface area (Å²) < 4.78 is 11.2. The molecule has 1 unspecified atom stereocenters. The van der Waals surface area contributed by atoms with Gasteiger partial charge in [-0.25, -0.2) is 0 Å². The van der Waals surface area contributed by atoms with E-state index in [1.807, 2.05) is 52.8 Å². The maximum atomic E-state index is 12.2. The third-order valence-corrected chi connectivity index (χ3v) is 3.78. The molecule has 0 aliphatic heterocycles. The van der Waals surface area contributed by atoms with E-state index in [0.29, 0.717) is 13.2 Å². The van der Waals surface area contributed by atoms with Gasteiger partial charge in [-0.2, -0.15) is 0 Å². The first kappa shape index (κ1) is 18.3. The molecular weight excluding hydrogens is 278 g/mol. The van der Waals surface area contributed by atoms with Gasteiger partial charge >= 0.3 is 0 Å². The summed E-state index contributed by atoms with van der Waals surface area (Å²) in [5.74, 6) is 1.66. The smallest absolute Gasteiger partial charge is 0.223 e. The molecule has 0 radical (unpaired) electrons. The number of benzene rings is 1. The standard InChI is InChI=1S/C18H29NO3/c1-6-14(7-2)18(20)19-13(5)15-10-11-16(21-8-3)17(12-15)22-9-4/h10-14H,6-9H2,1-5H3,(H,19,20). The zero-order valence-corrected chi connectivity index (χ0v) is 14.4. The van der Waals surface area contributed by atoms with Crippen LogP contribution in [0.3, 0.4) is 0 Å². The molecule has 0 aliphatic carbocycles. The summed E-state index contributed by atoms with van der Waals surface area (Å²) in [6.07, 6.45) is 1.73. The highest BCUT2D eigenvalue weighted by atomic mass is 16.5. The molecule has 1 amide bonds. The Morgan fingerprint density at radius 3 is 2.18 bits per heavy atom. The van der Waals surface area contributed by atoms with Crippen LogP contribution < -0.4 is 14.8 Å². The first-order chi connectivity index (χ1) is 10.6. The molecule has 0 spiro atoms. The van der Waals surface area contributed by atoms with Gasteiger partial charge in [-0.1, -0.05) is 19.9 Å². The second-order valence-corrected chi connectivity index (χ2v) is 5.32. The molecule has 22 heavy (non-hydrogen) atoms. The van der Waals surface area contributed by atoms with Crippen molar-refractivity contribution in [2.24, 2.45) is 5.92 Å². The number of nitrogens with one attached hydrogen (secondary N) is 1. The summed E-state index contributed by atoms with van der Waals surface area (Å²) in [5, 5.41) is 3.08. The molecule has 0 saturated carbocycles. The Morgan fingerprint density at radius 2 is 1.64 bits per heavy atom. The van der Waals surface area contributed by atoms with Crippen LogP contribution in [0.25, 0.3) is 0 Å². The fourth-order valence-electron chi connectivity index (χ4n) is 2.41. The molecule has 0 saturated heterocycles. The Labute approximate surface area is 134 Å². The molecule has 124 valence electrons. The maximum Gasteiger partial charge on any atom is 0.223 e. The molecule has 1 rings (SSSR count). The third kappa shape index (κ3) is 4.93. The second kappa shape index (κ2) is 9.34. The average Bonchev–Trinajstić information content (AvgIpc) is 2.50. The minimum atomic E-state index is -0.0528. The van der Waals surface area contributed by atoms with Gasteiger partial charge in [0.15, 0.2) is 11.5 Å². The van der Waals surface area contributed by atoms with Gasteiger partial charge in [-0.05, 0) is 51.3 Å². The largest absolute Gasteiger partial charge is 0.490 e. The van der Waals surface area contributed by atoms with Crippen molar-refractivity contribution in [1.29, 1.82) is 0 Å². The van der Waals surface area contributed by atoms with E-state index >= 15 is 0 Å². The Morgan fingerprint density at radius 1 is 1.05 bits per heavy atom. The van der Waals surface area contributed by atoms with Crippen LogP contribution in [0.5, 0.6) is 11.5 Å². The van der Waals surface area contributed by atoms with E-state index in [1.165, 1.54) is 0 Å². The molecule has 0 fully saturated rings. The van der Waals surface area contributed by atoms with Gasteiger partial charge in [-0.3, -0.25) is 4.79 Å². The molecule has 1 N–H and O–H groups in total. The Hall–Kier alpha value is -1.71. The van der Waals surface area contributed by atoms with Gasteiger partial charge in [0.1, 0.15) is 0 Å². The Bertz CT molecular complexity index is 469. The van der Waals surface area contributed by atoms with Crippen molar-refractivity contribution in [2.45, 2.75) is 53.5 Å². The molecule has 1 atom stereocenters. The van der Waals surface area contributed by atoms with Crippen LogP contribution in [-0.2, 0) is 4.79 Å². The first-order valence-corrected chi connectivity index (χ1v) is 8.27. The summed E-state index contributed by atoms with van der Waals surface area (Å²) in [6, 6.07) is 5.78. The van der Waals surface area contributed by atoms with E-state index in [9.17, 15) is 4.79 Å². The summed E-state index contributed by atoms with van der Waals surface area (Å²) in [5.41, 5.74) is 1.02. The number of amides is 1. The molecule has 1 aromatic carbocycles. The lowest BCUT2D eigenvalue weighted by molar-refractivity contribution is -0.125. The molecule has 0 aliphatic rings.